The summed E-state index contributed by atoms with van der Waals surface area (Å²) >= 11 is 6.03. The smallest absolute Gasteiger partial charge is 0.269 e. The normalized spacial score (nSPS) is 12.1. The predicted molar refractivity (Wildman–Crippen MR) is 120 cm³/mol. The van der Waals surface area contributed by atoms with Crippen LogP contribution in [0, 0.1) is 5.82 Å². The molecule has 4 aromatic rings. The van der Waals surface area contributed by atoms with E-state index in [9.17, 15) is 14.0 Å². The summed E-state index contributed by atoms with van der Waals surface area (Å²) in [6, 6.07) is 12.4. The Morgan fingerprint density at radius 3 is 2.61 bits per heavy atom. The first kappa shape index (κ1) is 20.8. The molecule has 0 atom stereocenters. The van der Waals surface area contributed by atoms with E-state index in [1.165, 1.54) is 23.0 Å². The van der Waals surface area contributed by atoms with Crippen LogP contribution in [0.15, 0.2) is 54.7 Å². The number of hydrogen-bond donors (Lipinski definition) is 2. The maximum absolute atomic E-state index is 13.5. The van der Waals surface area contributed by atoms with Gasteiger partial charge in [0.1, 0.15) is 16.8 Å². The zero-order valence-electron chi connectivity index (χ0n) is 17.0. The molecule has 0 spiro atoms. The molecular weight excluding hydrogens is 447 g/mol. The van der Waals surface area contributed by atoms with Crippen molar-refractivity contribution in [2.45, 2.75) is 12.8 Å². The summed E-state index contributed by atoms with van der Waals surface area (Å²) in [4.78, 5) is 33.3. The fourth-order valence-electron chi connectivity index (χ4n) is 3.86. The zero-order valence-corrected chi connectivity index (χ0v) is 17.8. The van der Waals surface area contributed by atoms with Crippen LogP contribution in [0.4, 0.5) is 10.2 Å². The van der Waals surface area contributed by atoms with E-state index in [1.807, 2.05) is 6.07 Å². The van der Waals surface area contributed by atoms with Gasteiger partial charge in [0.15, 0.2) is 5.69 Å². The molecule has 8 nitrogen and oxygen atoms in total. The van der Waals surface area contributed by atoms with Crippen LogP contribution in [0.3, 0.4) is 0 Å². The van der Waals surface area contributed by atoms with Gasteiger partial charge in [-0.1, -0.05) is 17.7 Å². The Kier molecular flexibility index (Phi) is 5.10. The molecule has 3 aromatic heterocycles. The number of hydrogen-bond acceptors (Lipinski definition) is 5. The average molecular weight is 463 g/mol. The molecule has 0 bridgehead atoms. The lowest BCUT2D eigenvalue weighted by Gasteiger charge is -2.19. The van der Waals surface area contributed by atoms with Gasteiger partial charge in [0, 0.05) is 11.8 Å². The Labute approximate surface area is 192 Å². The number of fused-ring (bicyclic) bond motifs is 3. The topological polar surface area (TPSA) is 116 Å². The number of carbonyl (C=O) groups excluding carboxylic acids is 2. The van der Waals surface area contributed by atoms with Crippen LogP contribution in [0.25, 0.3) is 17.1 Å². The van der Waals surface area contributed by atoms with E-state index in [2.05, 4.69) is 20.4 Å². The molecule has 0 radical (unpaired) electrons. The standard InChI is InChI=1S/C23H16ClFN6O2/c24-21-16(2-1-11-27-21)23(33)29-17-10-4-12-3-9-15-19(22(26)32)30-31(20(15)18(12)28-17)14-7-5-13(25)6-8-14/h1-2,4-8,10-11H,3,9H2,(H2,26,32)(H,28,29,33). The Balaban J connectivity index is 1.61. The van der Waals surface area contributed by atoms with E-state index >= 15 is 0 Å². The third-order valence-electron chi connectivity index (χ3n) is 5.38. The van der Waals surface area contributed by atoms with Crippen LogP contribution in [-0.4, -0.2) is 31.6 Å². The lowest BCUT2D eigenvalue weighted by molar-refractivity contribution is 0.0992. The first-order chi connectivity index (χ1) is 15.9. The number of anilines is 1. The van der Waals surface area contributed by atoms with Crippen molar-refractivity contribution in [3.8, 4) is 17.1 Å². The van der Waals surface area contributed by atoms with Crippen LogP contribution in [-0.2, 0) is 12.8 Å². The number of nitrogens with one attached hydrogen (secondary N) is 1. The number of primary amides is 1. The van der Waals surface area contributed by atoms with Gasteiger partial charge in [0.2, 0.25) is 0 Å². The molecular formula is C23H16ClFN6O2. The van der Waals surface area contributed by atoms with Crippen LogP contribution in [0.5, 0.6) is 0 Å². The largest absolute Gasteiger partial charge is 0.364 e. The number of nitrogens with two attached hydrogens (primary N) is 1. The van der Waals surface area contributed by atoms with E-state index in [1.54, 1.807) is 30.3 Å². The molecule has 0 aliphatic heterocycles. The summed E-state index contributed by atoms with van der Waals surface area (Å²) in [6.45, 7) is 0. The minimum absolute atomic E-state index is 0.0794. The summed E-state index contributed by atoms with van der Waals surface area (Å²) in [7, 11) is 0. The van der Waals surface area contributed by atoms with Crippen molar-refractivity contribution in [2.24, 2.45) is 5.73 Å². The second-order valence-corrected chi connectivity index (χ2v) is 7.79. The minimum Gasteiger partial charge on any atom is -0.364 e. The summed E-state index contributed by atoms with van der Waals surface area (Å²) < 4.78 is 15.0. The molecule has 3 N–H and O–H groups in total. The highest BCUT2D eigenvalue weighted by Crippen LogP contribution is 2.36. The Morgan fingerprint density at radius 2 is 1.88 bits per heavy atom. The van der Waals surface area contributed by atoms with Gasteiger partial charge in [-0.15, -0.1) is 0 Å². The number of pyridine rings is 2. The van der Waals surface area contributed by atoms with Gasteiger partial charge in [-0.05, 0) is 60.9 Å². The molecule has 1 aliphatic carbocycles. The molecule has 164 valence electrons. The fourth-order valence-corrected chi connectivity index (χ4v) is 4.07. The van der Waals surface area contributed by atoms with E-state index in [4.69, 9.17) is 17.3 Å². The van der Waals surface area contributed by atoms with Crippen LogP contribution in [0.1, 0.15) is 32.0 Å². The van der Waals surface area contributed by atoms with Gasteiger partial charge in [0.05, 0.1) is 22.6 Å². The molecule has 33 heavy (non-hydrogen) atoms. The molecule has 0 saturated carbocycles. The fraction of sp³-hybridized carbons (Fsp3) is 0.0870. The highest BCUT2D eigenvalue weighted by Gasteiger charge is 2.29. The molecule has 0 unspecified atom stereocenters. The average Bonchev–Trinajstić information content (AvgIpc) is 3.20. The number of halogens is 2. The third-order valence-corrected chi connectivity index (χ3v) is 5.68. The quantitative estimate of drug-likeness (QED) is 0.450. The number of aryl methyl sites for hydroxylation is 1. The summed E-state index contributed by atoms with van der Waals surface area (Å²) in [6.07, 6.45) is 2.65. The first-order valence-corrected chi connectivity index (χ1v) is 10.4. The second-order valence-electron chi connectivity index (χ2n) is 7.43. The predicted octanol–water partition coefficient (Wildman–Crippen LogP) is 3.57. The van der Waals surface area contributed by atoms with Gasteiger partial charge in [-0.3, -0.25) is 9.59 Å². The maximum Gasteiger partial charge on any atom is 0.269 e. The Bertz CT molecular complexity index is 1420. The molecule has 10 heteroatoms. The maximum atomic E-state index is 13.5. The van der Waals surface area contributed by atoms with Crippen molar-refractivity contribution >= 4 is 29.2 Å². The summed E-state index contributed by atoms with van der Waals surface area (Å²) in [5.41, 5.74) is 9.18. The van der Waals surface area contributed by atoms with Gasteiger partial charge >= 0.3 is 0 Å². The van der Waals surface area contributed by atoms with E-state index in [-0.39, 0.29) is 16.4 Å². The molecule has 3 heterocycles. The van der Waals surface area contributed by atoms with Crippen molar-refractivity contribution in [3.63, 3.8) is 0 Å². The minimum atomic E-state index is -0.661. The van der Waals surface area contributed by atoms with E-state index in [0.717, 1.165) is 5.56 Å². The first-order valence-electron chi connectivity index (χ1n) is 10.0. The number of rotatable bonds is 4. The monoisotopic (exact) mass is 462 g/mol. The molecule has 1 aromatic carbocycles. The molecule has 0 fully saturated rings. The zero-order chi connectivity index (χ0) is 23.1. The summed E-state index contributed by atoms with van der Waals surface area (Å²) in [5, 5.41) is 7.22. The number of aromatic nitrogens is 4. The number of amides is 2. The third kappa shape index (κ3) is 3.72. The van der Waals surface area contributed by atoms with Crippen molar-refractivity contribution in [3.05, 3.63) is 88.1 Å². The lowest BCUT2D eigenvalue weighted by atomic mass is 9.92. The molecule has 5 rings (SSSR count). The van der Waals surface area contributed by atoms with E-state index in [0.29, 0.717) is 41.3 Å². The van der Waals surface area contributed by atoms with Crippen molar-refractivity contribution < 1.29 is 14.0 Å². The Morgan fingerprint density at radius 1 is 1.09 bits per heavy atom. The van der Waals surface area contributed by atoms with Crippen LogP contribution in [0.2, 0.25) is 5.15 Å². The molecule has 2 amide bonds. The van der Waals surface area contributed by atoms with Crippen LogP contribution < -0.4 is 11.1 Å². The van der Waals surface area contributed by atoms with Crippen molar-refractivity contribution in [1.82, 2.24) is 19.7 Å². The van der Waals surface area contributed by atoms with Gasteiger partial charge in [-0.2, -0.15) is 5.10 Å². The van der Waals surface area contributed by atoms with Gasteiger partial charge < -0.3 is 11.1 Å². The lowest BCUT2D eigenvalue weighted by Crippen LogP contribution is -2.17. The van der Waals surface area contributed by atoms with Crippen molar-refractivity contribution in [2.75, 3.05) is 5.32 Å². The van der Waals surface area contributed by atoms with Crippen molar-refractivity contribution in [1.29, 1.82) is 0 Å². The SMILES string of the molecule is NC(=O)c1nn(-c2ccc(F)cc2)c2c1CCc1ccc(NC(=O)c3cccnc3Cl)nc1-2. The van der Waals surface area contributed by atoms with Gasteiger partial charge in [-0.25, -0.2) is 19.0 Å². The van der Waals surface area contributed by atoms with Gasteiger partial charge in [0.25, 0.3) is 11.8 Å². The Hall–Kier alpha value is -4.11. The van der Waals surface area contributed by atoms with E-state index < -0.39 is 17.6 Å². The van der Waals surface area contributed by atoms with Crippen LogP contribution >= 0.6 is 11.6 Å². The number of benzene rings is 1. The molecule has 0 saturated heterocycles. The highest BCUT2D eigenvalue weighted by atomic mass is 35.5. The number of carbonyl (C=O) groups is 2. The molecule has 1 aliphatic rings. The second kappa shape index (κ2) is 8.10. The summed E-state index contributed by atoms with van der Waals surface area (Å²) in [5.74, 6) is -1.22. The number of nitrogens with zero attached hydrogens (tertiary/aromatic N) is 4. The highest BCUT2D eigenvalue weighted by molar-refractivity contribution is 6.33.